The molecule has 7 heteroatoms. The monoisotopic (exact) mass is 363 g/mol. The van der Waals surface area contributed by atoms with Crippen LogP contribution in [0.25, 0.3) is 0 Å². The van der Waals surface area contributed by atoms with E-state index in [4.69, 9.17) is 10.00 Å². The van der Waals surface area contributed by atoms with Gasteiger partial charge in [0.15, 0.2) is 0 Å². The number of piperazine rings is 1. The molecule has 1 aromatic rings. The summed E-state index contributed by atoms with van der Waals surface area (Å²) in [5, 5.41) is 8.45. The van der Waals surface area contributed by atoms with Gasteiger partial charge in [-0.1, -0.05) is 0 Å². The lowest BCUT2D eigenvalue weighted by Gasteiger charge is -2.40. The molecule has 2 unspecified atom stereocenters. The topological polar surface area (TPSA) is 73.6 Å². The Bertz CT molecular complexity index is 726. The van der Waals surface area contributed by atoms with Crippen molar-refractivity contribution in [3.05, 3.63) is 29.8 Å². The zero-order valence-electron chi connectivity index (χ0n) is 14.8. The number of nitriles is 1. The van der Waals surface area contributed by atoms with Crippen LogP contribution in [0.5, 0.6) is 5.75 Å². The summed E-state index contributed by atoms with van der Waals surface area (Å²) in [4.78, 5) is 2.40. The van der Waals surface area contributed by atoms with Gasteiger partial charge in [0.05, 0.1) is 16.9 Å². The van der Waals surface area contributed by atoms with Crippen molar-refractivity contribution in [2.24, 2.45) is 0 Å². The van der Waals surface area contributed by atoms with Crippen molar-refractivity contribution in [2.45, 2.75) is 44.0 Å². The fraction of sp³-hybridized carbons (Fsp3) is 0.611. The zero-order chi connectivity index (χ0) is 18.0. The second-order valence-corrected chi connectivity index (χ2v) is 9.51. The van der Waals surface area contributed by atoms with Crippen molar-refractivity contribution in [2.75, 3.05) is 26.2 Å². The van der Waals surface area contributed by atoms with Gasteiger partial charge in [0.2, 0.25) is 10.0 Å². The fourth-order valence-corrected chi connectivity index (χ4v) is 5.07. The lowest BCUT2D eigenvalue weighted by Crippen LogP contribution is -2.56. The van der Waals surface area contributed by atoms with Crippen LogP contribution in [0.15, 0.2) is 24.3 Å². The van der Waals surface area contributed by atoms with E-state index in [1.54, 1.807) is 42.4 Å². The molecule has 25 heavy (non-hydrogen) atoms. The number of nitrogens with zero attached hydrogens (tertiary/aromatic N) is 3. The van der Waals surface area contributed by atoms with Crippen LogP contribution in [0.4, 0.5) is 0 Å². The van der Waals surface area contributed by atoms with Gasteiger partial charge in [-0.3, -0.25) is 4.90 Å². The van der Waals surface area contributed by atoms with Crippen LogP contribution in [0.1, 0.15) is 32.3 Å². The lowest BCUT2D eigenvalue weighted by atomic mass is 10.2. The Labute approximate surface area is 150 Å². The SMILES string of the molecule is CC(C)S(=O)(=O)N1CC2CCC(C1)N2CCOc1ccc(C#N)cc1. The number of fused-ring (bicyclic) bond motifs is 2. The van der Waals surface area contributed by atoms with Gasteiger partial charge in [0, 0.05) is 31.7 Å². The molecular formula is C18H25N3O3S. The van der Waals surface area contributed by atoms with Crippen LogP contribution in [-0.2, 0) is 10.0 Å². The van der Waals surface area contributed by atoms with Gasteiger partial charge in [-0.15, -0.1) is 0 Å². The summed E-state index contributed by atoms with van der Waals surface area (Å²) in [5.74, 6) is 0.757. The van der Waals surface area contributed by atoms with E-state index in [9.17, 15) is 8.42 Å². The highest BCUT2D eigenvalue weighted by molar-refractivity contribution is 7.89. The molecule has 1 aromatic carbocycles. The van der Waals surface area contributed by atoms with E-state index >= 15 is 0 Å². The molecule has 2 bridgehead atoms. The molecule has 2 aliphatic rings. The zero-order valence-corrected chi connectivity index (χ0v) is 15.6. The van der Waals surface area contributed by atoms with Gasteiger partial charge >= 0.3 is 0 Å². The summed E-state index contributed by atoms with van der Waals surface area (Å²) in [7, 11) is -3.17. The van der Waals surface area contributed by atoms with E-state index in [0.717, 1.165) is 25.1 Å². The normalized spacial score (nSPS) is 24.4. The number of rotatable bonds is 6. The van der Waals surface area contributed by atoms with Crippen LogP contribution < -0.4 is 4.74 Å². The van der Waals surface area contributed by atoms with E-state index in [-0.39, 0.29) is 17.3 Å². The number of hydrogen-bond acceptors (Lipinski definition) is 5. The van der Waals surface area contributed by atoms with Crippen molar-refractivity contribution in [3.8, 4) is 11.8 Å². The largest absolute Gasteiger partial charge is 0.492 e. The highest BCUT2D eigenvalue weighted by Crippen LogP contribution is 2.31. The molecule has 0 amide bonds. The Hall–Kier alpha value is -1.62. The second-order valence-electron chi connectivity index (χ2n) is 7.02. The van der Waals surface area contributed by atoms with Gasteiger partial charge in [0.1, 0.15) is 12.4 Å². The summed E-state index contributed by atoms with van der Waals surface area (Å²) in [6, 6.07) is 9.77. The van der Waals surface area contributed by atoms with Gasteiger partial charge in [0.25, 0.3) is 0 Å². The third kappa shape index (κ3) is 3.81. The third-order valence-corrected chi connectivity index (χ3v) is 7.37. The molecule has 3 rings (SSSR count). The molecule has 0 N–H and O–H groups in total. The molecule has 6 nitrogen and oxygen atoms in total. The molecule has 0 aromatic heterocycles. The molecule has 2 aliphatic heterocycles. The number of ether oxygens (including phenoxy) is 1. The van der Waals surface area contributed by atoms with Crippen LogP contribution in [-0.4, -0.2) is 61.2 Å². The maximum Gasteiger partial charge on any atom is 0.216 e. The second kappa shape index (κ2) is 7.32. The van der Waals surface area contributed by atoms with Crippen LogP contribution in [0.3, 0.4) is 0 Å². The number of hydrogen-bond donors (Lipinski definition) is 0. The minimum Gasteiger partial charge on any atom is -0.492 e. The molecule has 0 radical (unpaired) electrons. The van der Waals surface area contributed by atoms with E-state index in [2.05, 4.69) is 11.0 Å². The molecule has 0 aliphatic carbocycles. The number of benzene rings is 1. The van der Waals surface area contributed by atoms with Crippen LogP contribution in [0, 0.1) is 11.3 Å². The summed E-state index contributed by atoms with van der Waals surface area (Å²) in [6.45, 7) is 6.03. The third-order valence-electron chi connectivity index (χ3n) is 5.16. The molecule has 136 valence electrons. The van der Waals surface area contributed by atoms with E-state index < -0.39 is 10.0 Å². The Kier molecular flexibility index (Phi) is 5.32. The van der Waals surface area contributed by atoms with Gasteiger partial charge in [-0.25, -0.2) is 8.42 Å². The Morgan fingerprint density at radius 1 is 1.20 bits per heavy atom. The summed E-state index contributed by atoms with van der Waals surface area (Å²) < 4.78 is 32.3. The smallest absolute Gasteiger partial charge is 0.216 e. The van der Waals surface area contributed by atoms with Gasteiger partial charge in [-0.2, -0.15) is 9.57 Å². The summed E-state index contributed by atoms with van der Waals surface area (Å²) in [5.41, 5.74) is 0.618. The van der Waals surface area contributed by atoms with Crippen molar-refractivity contribution < 1.29 is 13.2 Å². The highest BCUT2D eigenvalue weighted by atomic mass is 32.2. The summed E-state index contributed by atoms with van der Waals surface area (Å²) in [6.07, 6.45) is 2.09. The highest BCUT2D eigenvalue weighted by Gasteiger charge is 2.43. The first-order valence-corrected chi connectivity index (χ1v) is 10.3. The van der Waals surface area contributed by atoms with E-state index in [1.807, 2.05) is 0 Å². The fourth-order valence-electron chi connectivity index (χ4n) is 3.72. The van der Waals surface area contributed by atoms with Crippen molar-refractivity contribution in [1.29, 1.82) is 5.26 Å². The predicted octanol–water partition coefficient (Wildman–Crippen LogP) is 1.82. The molecular weight excluding hydrogens is 338 g/mol. The Morgan fingerprint density at radius 3 is 2.32 bits per heavy atom. The summed E-state index contributed by atoms with van der Waals surface area (Å²) >= 11 is 0. The lowest BCUT2D eigenvalue weighted by molar-refractivity contribution is 0.0924. The number of sulfonamides is 1. The van der Waals surface area contributed by atoms with E-state index in [0.29, 0.717) is 25.3 Å². The average molecular weight is 363 g/mol. The average Bonchev–Trinajstić information content (AvgIpc) is 2.83. The van der Waals surface area contributed by atoms with Crippen molar-refractivity contribution >= 4 is 10.0 Å². The minimum atomic E-state index is -3.17. The van der Waals surface area contributed by atoms with E-state index in [1.165, 1.54) is 0 Å². The van der Waals surface area contributed by atoms with Crippen LogP contribution in [0.2, 0.25) is 0 Å². The van der Waals surface area contributed by atoms with Crippen LogP contribution >= 0.6 is 0 Å². The quantitative estimate of drug-likeness (QED) is 0.771. The molecule has 2 saturated heterocycles. The molecule has 0 saturated carbocycles. The first-order chi connectivity index (χ1) is 11.9. The first kappa shape index (κ1) is 18.2. The predicted molar refractivity (Wildman–Crippen MR) is 95.8 cm³/mol. The Balaban J connectivity index is 1.54. The van der Waals surface area contributed by atoms with Gasteiger partial charge < -0.3 is 4.74 Å². The molecule has 2 heterocycles. The van der Waals surface area contributed by atoms with Crippen molar-refractivity contribution in [3.63, 3.8) is 0 Å². The Morgan fingerprint density at radius 2 is 1.80 bits per heavy atom. The standard InChI is InChI=1S/C18H25N3O3S/c1-14(2)25(22,23)20-12-16-5-6-17(13-20)21(16)9-10-24-18-7-3-15(11-19)4-8-18/h3-4,7-8,14,16-17H,5-6,9-10,12-13H2,1-2H3. The molecule has 0 spiro atoms. The maximum atomic E-state index is 12.4. The first-order valence-electron chi connectivity index (χ1n) is 8.79. The molecule has 2 atom stereocenters. The maximum absolute atomic E-state index is 12.4. The van der Waals surface area contributed by atoms with Crippen molar-refractivity contribution in [1.82, 2.24) is 9.21 Å². The molecule has 2 fully saturated rings. The minimum absolute atomic E-state index is 0.289. The van der Waals surface area contributed by atoms with Gasteiger partial charge in [-0.05, 0) is 51.0 Å².